The number of thioether (sulfide) groups is 2. The molecule has 0 aromatic heterocycles. The van der Waals surface area contributed by atoms with Crippen LogP contribution in [-0.4, -0.2) is 10.2 Å². The van der Waals surface area contributed by atoms with E-state index in [2.05, 4.69) is 31.9 Å². The number of hydrogen-bond donors (Lipinski definition) is 0. The first-order valence-electron chi connectivity index (χ1n) is 4.26. The van der Waals surface area contributed by atoms with Crippen LogP contribution in [-0.2, 0) is 9.59 Å². The molecule has 2 heterocycles. The van der Waals surface area contributed by atoms with Gasteiger partial charge in [0.25, 0.3) is 0 Å². The first-order chi connectivity index (χ1) is 7.58. The van der Waals surface area contributed by atoms with Gasteiger partial charge in [0.2, 0.25) is 10.2 Å². The van der Waals surface area contributed by atoms with E-state index >= 15 is 0 Å². The van der Waals surface area contributed by atoms with Crippen molar-refractivity contribution in [3.63, 3.8) is 0 Å². The second-order valence-electron chi connectivity index (χ2n) is 3.25. The molecule has 0 N–H and O–H groups in total. The number of fused-ring (bicyclic) bond motifs is 2. The van der Waals surface area contributed by atoms with Crippen molar-refractivity contribution in [3.8, 4) is 0 Å². The van der Waals surface area contributed by atoms with Crippen molar-refractivity contribution in [1.29, 1.82) is 0 Å². The summed E-state index contributed by atoms with van der Waals surface area (Å²) in [4.78, 5) is 24.8. The van der Waals surface area contributed by atoms with E-state index in [4.69, 9.17) is 0 Å². The maximum atomic E-state index is 11.5. The summed E-state index contributed by atoms with van der Waals surface area (Å²) in [7, 11) is 0. The normalized spacial score (nSPS) is 18.1. The summed E-state index contributed by atoms with van der Waals surface area (Å²) in [5, 5.41) is 1.81. The van der Waals surface area contributed by atoms with Crippen molar-refractivity contribution >= 4 is 74.6 Å². The Kier molecular flexibility index (Phi) is 2.58. The summed E-state index contributed by atoms with van der Waals surface area (Å²) in [5.41, 5.74) is 0. The monoisotopic (exact) mass is 376 g/mol. The van der Waals surface area contributed by atoms with Gasteiger partial charge in [0, 0.05) is 20.2 Å². The van der Waals surface area contributed by atoms with E-state index in [9.17, 15) is 9.59 Å². The van der Waals surface area contributed by atoms with Gasteiger partial charge in [-0.2, -0.15) is 0 Å². The zero-order valence-electron chi connectivity index (χ0n) is 7.54. The minimum atomic E-state index is 0.0196. The third kappa shape index (κ3) is 1.47. The van der Waals surface area contributed by atoms with Crippen LogP contribution in [0.3, 0.4) is 0 Å². The van der Waals surface area contributed by atoms with Gasteiger partial charge in [-0.3, -0.25) is 9.59 Å². The molecule has 0 saturated heterocycles. The van der Waals surface area contributed by atoms with Gasteiger partial charge in [0.15, 0.2) is 0 Å². The van der Waals surface area contributed by atoms with E-state index < -0.39 is 0 Å². The molecule has 2 nitrogen and oxygen atoms in total. The van der Waals surface area contributed by atoms with E-state index in [1.54, 1.807) is 0 Å². The molecule has 0 amide bonds. The van der Waals surface area contributed by atoms with E-state index in [0.717, 1.165) is 20.2 Å². The van der Waals surface area contributed by atoms with Gasteiger partial charge in [-0.05, 0) is 67.5 Å². The van der Waals surface area contributed by atoms with Crippen LogP contribution in [0.1, 0.15) is 0 Å². The maximum Gasteiger partial charge on any atom is 0.231 e. The largest absolute Gasteiger partial charge is 0.281 e. The van der Waals surface area contributed by atoms with Crippen LogP contribution in [0, 0.1) is 0 Å². The summed E-state index contributed by atoms with van der Waals surface area (Å²) < 4.78 is 1.18. The summed E-state index contributed by atoms with van der Waals surface area (Å²) in [6.45, 7) is 0. The Morgan fingerprint density at radius 1 is 0.812 bits per heavy atom. The highest BCUT2D eigenvalue weighted by molar-refractivity contribution is 9.15. The van der Waals surface area contributed by atoms with Crippen LogP contribution < -0.4 is 10.4 Å². The molecule has 1 aromatic rings. The smallest absolute Gasteiger partial charge is 0.231 e. The van der Waals surface area contributed by atoms with Crippen LogP contribution in [0.2, 0.25) is 0 Å². The minimum absolute atomic E-state index is 0.0196. The lowest BCUT2D eigenvalue weighted by molar-refractivity contribution is -0.106. The molecule has 0 spiro atoms. The molecule has 1 aromatic carbocycles. The second-order valence-corrected chi connectivity index (χ2v) is 6.87. The minimum Gasteiger partial charge on any atom is -0.281 e. The average Bonchev–Trinajstić information content (AvgIpc) is 2.67. The Hall–Kier alpha value is -0.0400. The third-order valence-electron chi connectivity index (χ3n) is 2.32. The molecule has 0 aliphatic carbocycles. The summed E-state index contributed by atoms with van der Waals surface area (Å²) in [6, 6.07) is 3.78. The van der Waals surface area contributed by atoms with Gasteiger partial charge in [0.05, 0.1) is 8.96 Å². The molecule has 6 heteroatoms. The molecule has 80 valence electrons. The molecule has 2 aliphatic rings. The maximum absolute atomic E-state index is 11.5. The molecule has 3 rings (SSSR count). The Morgan fingerprint density at radius 2 is 1.19 bits per heavy atom. The summed E-state index contributed by atoms with van der Waals surface area (Å²) in [5.74, 6) is 0. The molecule has 0 radical (unpaired) electrons. The second kappa shape index (κ2) is 3.73. The molecule has 2 aliphatic heterocycles. The molecule has 16 heavy (non-hydrogen) atoms. The number of halogens is 2. The lowest BCUT2D eigenvalue weighted by Gasteiger charge is -1.94. The highest BCUT2D eigenvalue weighted by Gasteiger charge is 2.25. The van der Waals surface area contributed by atoms with Crippen LogP contribution in [0.4, 0.5) is 0 Å². The molecule has 0 saturated carbocycles. The lowest BCUT2D eigenvalue weighted by Crippen LogP contribution is -2.12. The molecule has 0 bridgehead atoms. The van der Waals surface area contributed by atoms with E-state index in [1.807, 2.05) is 12.1 Å². The fraction of sp³-hybridized carbons (Fsp3) is 0. The molecular formula is C10H2Br2O2S2. The topological polar surface area (TPSA) is 34.1 Å². The Bertz CT molecular complexity index is 619. The van der Waals surface area contributed by atoms with Gasteiger partial charge in [-0.25, -0.2) is 0 Å². The Morgan fingerprint density at radius 3 is 1.56 bits per heavy atom. The fourth-order valence-electron chi connectivity index (χ4n) is 1.58. The summed E-state index contributed by atoms with van der Waals surface area (Å²) >= 11 is 8.93. The number of rotatable bonds is 0. The van der Waals surface area contributed by atoms with E-state index in [0.29, 0.717) is 8.96 Å². The van der Waals surface area contributed by atoms with Crippen LogP contribution in [0.5, 0.6) is 0 Å². The van der Waals surface area contributed by atoms with Gasteiger partial charge >= 0.3 is 0 Å². The van der Waals surface area contributed by atoms with Crippen molar-refractivity contribution in [3.05, 3.63) is 22.6 Å². The highest BCUT2D eigenvalue weighted by Crippen LogP contribution is 2.33. The molecular weight excluding hydrogens is 376 g/mol. The van der Waals surface area contributed by atoms with E-state index in [1.165, 1.54) is 23.5 Å². The van der Waals surface area contributed by atoms with E-state index in [-0.39, 0.29) is 10.2 Å². The number of hydrogen-bond acceptors (Lipinski definition) is 4. The van der Waals surface area contributed by atoms with Crippen LogP contribution >= 0.6 is 55.4 Å². The van der Waals surface area contributed by atoms with Gasteiger partial charge in [0.1, 0.15) is 0 Å². The fourth-order valence-corrected chi connectivity index (χ4v) is 4.68. The van der Waals surface area contributed by atoms with Crippen molar-refractivity contribution in [2.45, 2.75) is 9.79 Å². The first kappa shape index (κ1) is 11.1. The zero-order chi connectivity index (χ0) is 11.4. The Labute approximate surface area is 116 Å². The van der Waals surface area contributed by atoms with Gasteiger partial charge in [-0.15, -0.1) is 0 Å². The first-order valence-corrected chi connectivity index (χ1v) is 7.48. The third-order valence-corrected chi connectivity index (χ3v) is 6.31. The van der Waals surface area contributed by atoms with Crippen LogP contribution in [0.25, 0.3) is 8.96 Å². The predicted molar refractivity (Wildman–Crippen MR) is 72.1 cm³/mol. The molecule has 0 unspecified atom stereocenters. The van der Waals surface area contributed by atoms with Crippen molar-refractivity contribution < 1.29 is 9.59 Å². The number of benzene rings is 1. The molecule has 0 fully saturated rings. The van der Waals surface area contributed by atoms with Crippen molar-refractivity contribution in [1.82, 2.24) is 0 Å². The number of carbonyl (C=O) groups is 2. The van der Waals surface area contributed by atoms with Crippen LogP contribution in [0.15, 0.2) is 21.9 Å². The molecule has 0 atom stereocenters. The number of carbonyl (C=O) groups excluding carboxylic acids is 2. The lowest BCUT2D eigenvalue weighted by atomic mass is 10.2. The predicted octanol–water partition coefficient (Wildman–Crippen LogP) is 1.96. The Balaban J connectivity index is 2.41. The standard InChI is InChI=1S/C10H2Br2O2S2/c11-7-3-1-5-4(8(12)10(14)15-5)2-6(3)16-9(7)13/h1-2H. The highest BCUT2D eigenvalue weighted by atomic mass is 79.9. The quantitative estimate of drug-likeness (QED) is 0.692. The average molecular weight is 378 g/mol. The van der Waals surface area contributed by atoms with Gasteiger partial charge in [-0.1, -0.05) is 0 Å². The van der Waals surface area contributed by atoms with Gasteiger partial charge < -0.3 is 0 Å². The van der Waals surface area contributed by atoms with Crippen molar-refractivity contribution in [2.75, 3.05) is 0 Å². The summed E-state index contributed by atoms with van der Waals surface area (Å²) in [6.07, 6.45) is 0. The zero-order valence-corrected chi connectivity index (χ0v) is 12.3. The SMILES string of the molecule is O=C1Sc2cc3c(cc2=C1Br)SC(=O)C=3Br. The van der Waals surface area contributed by atoms with Crippen molar-refractivity contribution in [2.24, 2.45) is 0 Å².